The Morgan fingerprint density at radius 2 is 0.571 bits per heavy atom. The zero-order chi connectivity index (χ0) is 59.1. The summed E-state index contributed by atoms with van der Waals surface area (Å²) in [6.45, 7) is 12.1. The van der Waals surface area contributed by atoms with E-state index in [2.05, 4.69) is 0 Å². The molecule has 4 fully saturated rings. The highest BCUT2D eigenvalue weighted by Gasteiger charge is 2.55. The Morgan fingerprint density at radius 1 is 0.357 bits per heavy atom. The summed E-state index contributed by atoms with van der Waals surface area (Å²) in [4.78, 5) is 78.7. The number of esters is 4. The van der Waals surface area contributed by atoms with Crippen molar-refractivity contribution < 1.29 is 58.6 Å². The summed E-state index contributed by atoms with van der Waals surface area (Å²) in [7, 11) is 0. The largest absolute Gasteiger partial charge is 0.507 e. The number of phenolic OH excluding ortho intramolecular Hbond substituents is 4. The summed E-state index contributed by atoms with van der Waals surface area (Å²) in [5.41, 5.74) is -1.25. The SMILES string of the molecule is CC12CC(C)(C1)c1cc3cc(c1O)/C=N/C1CCCCC1/N=C/c1cc4cc(c1O)C1(C)CC(C)(C1)c1cc5cc(c1O)/C=N/C1CCCCC1/N=C/c1cc(cc2c1O)OC(=O)CCC(C)(CCC(=O)O3)C(C)(CCC(=O)O5)CCC(=O)O4. The van der Waals surface area contributed by atoms with Gasteiger partial charge in [-0.15, -0.1) is 0 Å². The molecule has 4 aromatic rings. The quantitative estimate of drug-likeness (QED) is 0.0951. The van der Waals surface area contributed by atoms with Gasteiger partial charge in [0.05, 0.1) is 24.2 Å². The van der Waals surface area contributed by atoms with E-state index in [9.17, 15) is 39.6 Å². The van der Waals surface area contributed by atoms with Gasteiger partial charge in [-0.1, -0.05) is 67.2 Å². The summed E-state index contributed by atoms with van der Waals surface area (Å²) < 4.78 is 25.2. The van der Waals surface area contributed by atoms with Crippen LogP contribution in [0.4, 0.5) is 0 Å². The molecule has 14 rings (SSSR count). The number of hydrogen-bond donors (Lipinski definition) is 4. The van der Waals surface area contributed by atoms with E-state index in [-0.39, 0.29) is 122 Å². The van der Waals surface area contributed by atoms with Gasteiger partial charge >= 0.3 is 23.9 Å². The molecule has 0 saturated heterocycles. The first-order valence-corrected chi connectivity index (χ1v) is 30.4. The number of rotatable bonds is 0. The van der Waals surface area contributed by atoms with Crippen LogP contribution < -0.4 is 18.9 Å². The minimum Gasteiger partial charge on any atom is -0.507 e. The fourth-order valence-electron chi connectivity index (χ4n) is 16.4. The Bertz CT molecular complexity index is 3050. The highest BCUT2D eigenvalue weighted by atomic mass is 16.5. The van der Waals surface area contributed by atoms with Gasteiger partial charge in [0.25, 0.3) is 0 Å². The van der Waals surface area contributed by atoms with Crippen molar-refractivity contribution in [3.05, 3.63) is 93.0 Å². The molecule has 4 N–H and O–H groups in total. The summed E-state index contributed by atoms with van der Waals surface area (Å²) in [5, 5.41) is 49.9. The maximum atomic E-state index is 14.5. The van der Waals surface area contributed by atoms with Crippen LogP contribution in [0.15, 0.2) is 68.5 Å². The van der Waals surface area contributed by atoms with Gasteiger partial charge in [0.2, 0.25) is 0 Å². The number of hydrogen-bond acceptors (Lipinski definition) is 16. The van der Waals surface area contributed by atoms with Crippen molar-refractivity contribution in [3.8, 4) is 46.0 Å². The molecule has 4 unspecified atom stereocenters. The molecule has 0 aromatic heterocycles. The maximum Gasteiger partial charge on any atom is 0.311 e. The van der Waals surface area contributed by atoms with Crippen molar-refractivity contribution in [2.45, 2.75) is 216 Å². The van der Waals surface area contributed by atoms with Crippen LogP contribution in [-0.2, 0) is 40.8 Å². The second kappa shape index (κ2) is 21.3. The number of ether oxygens (including phenoxy) is 4. The lowest BCUT2D eigenvalue weighted by atomic mass is 9.49. The molecule has 16 heteroatoms. The lowest BCUT2D eigenvalue weighted by Gasteiger charge is -2.54. The number of phenols is 4. The Hall–Kier alpha value is -7.36. The van der Waals surface area contributed by atoms with Crippen LogP contribution in [0.2, 0.25) is 0 Å². The minimum absolute atomic E-state index is 0.0134. The van der Waals surface area contributed by atoms with Crippen molar-refractivity contribution in [1.82, 2.24) is 0 Å². The van der Waals surface area contributed by atoms with E-state index < -0.39 is 56.4 Å². The number of nitrogens with zero attached hydrogens (tertiary/aromatic N) is 4. The van der Waals surface area contributed by atoms with Crippen LogP contribution in [0.5, 0.6) is 46.0 Å². The van der Waals surface area contributed by atoms with Crippen molar-refractivity contribution in [2.24, 2.45) is 30.8 Å². The predicted molar refractivity (Wildman–Crippen MR) is 318 cm³/mol. The highest BCUT2D eigenvalue weighted by molar-refractivity contribution is 5.90. The van der Waals surface area contributed by atoms with Crippen LogP contribution in [0.3, 0.4) is 0 Å². The number of aromatic hydroxyl groups is 4. The molecule has 10 aliphatic rings. The van der Waals surface area contributed by atoms with E-state index in [1.165, 1.54) is 0 Å². The van der Waals surface area contributed by atoms with Crippen molar-refractivity contribution in [1.29, 1.82) is 0 Å². The van der Waals surface area contributed by atoms with E-state index in [1.807, 2.05) is 41.5 Å². The minimum atomic E-state index is -0.994. The monoisotopic (exact) mass is 1140 g/mol. The van der Waals surface area contributed by atoms with Crippen LogP contribution in [-0.4, -0.2) is 93.3 Å². The van der Waals surface area contributed by atoms with E-state index in [4.69, 9.17) is 38.9 Å². The van der Waals surface area contributed by atoms with E-state index in [0.29, 0.717) is 95.9 Å². The molecule has 18 bridgehead atoms. The van der Waals surface area contributed by atoms with Gasteiger partial charge in [-0.25, -0.2) is 0 Å². The van der Waals surface area contributed by atoms with E-state index >= 15 is 0 Å². The predicted octanol–water partition coefficient (Wildman–Crippen LogP) is 12.3. The van der Waals surface area contributed by atoms with Gasteiger partial charge in [0, 0.05) is 95.0 Å². The first kappa shape index (κ1) is 57.1. The van der Waals surface area contributed by atoms with Gasteiger partial charge in [0.15, 0.2) is 0 Å². The topological polar surface area (TPSA) is 236 Å². The molecule has 84 heavy (non-hydrogen) atoms. The standard InChI is InChI=1S/C68H78N4O12/c1-63-35-64(2,36-63)48-28-44-24-40(60(48)78)32-70-53-13-9-10-14-54(53)72-34-42-26-46-30-50(62(42)80)66(4)37-65(3,38-66)49-29-45-25-41(61(49)79)33-71-52-12-8-7-11-51(52)69-31-39-23-43(27-47(63)59(39)77)81-55(73)15-19-67(5,20-16-56(74)82-44)68(6,21-17-57(75)83-45)22-18-58(76)84-46/h23-34,51-54,77-80H,7-22,35-38H2,1-6H3/b69-31+,70-32+,71-33+,72-34+. The molecule has 6 heterocycles. The van der Waals surface area contributed by atoms with Crippen molar-refractivity contribution in [3.63, 3.8) is 0 Å². The molecule has 442 valence electrons. The Kier molecular flexibility index (Phi) is 14.5. The van der Waals surface area contributed by atoms with E-state index in [0.717, 1.165) is 25.7 Å². The number of carbonyl (C=O) groups is 4. The molecule has 4 saturated carbocycles. The average molecular weight is 1140 g/mol. The van der Waals surface area contributed by atoms with Crippen molar-refractivity contribution in [2.75, 3.05) is 0 Å². The zero-order valence-electron chi connectivity index (χ0n) is 49.2. The molecular weight excluding hydrogens is 1060 g/mol. The molecule has 16 nitrogen and oxygen atoms in total. The fourth-order valence-corrected chi connectivity index (χ4v) is 16.4. The normalized spacial score (nSPS) is 34.7. The third-order valence-electron chi connectivity index (χ3n) is 21.1. The van der Waals surface area contributed by atoms with Gasteiger partial charge in [-0.2, -0.15) is 0 Å². The molecular formula is C68H78N4O12. The van der Waals surface area contributed by atoms with Gasteiger partial charge in [-0.05, 0) is 158 Å². The molecule has 0 spiro atoms. The van der Waals surface area contributed by atoms with Gasteiger partial charge in [0.1, 0.15) is 46.0 Å². The van der Waals surface area contributed by atoms with Crippen LogP contribution >= 0.6 is 0 Å². The van der Waals surface area contributed by atoms with E-state index in [1.54, 1.807) is 73.4 Å². The summed E-state index contributed by atoms with van der Waals surface area (Å²) in [6, 6.07) is 12.2. The Morgan fingerprint density at radius 3 is 0.786 bits per heavy atom. The number of carbonyl (C=O) groups excluding carboxylic acids is 4. The van der Waals surface area contributed by atoms with Crippen LogP contribution in [0.25, 0.3) is 0 Å². The van der Waals surface area contributed by atoms with Gasteiger partial charge < -0.3 is 39.4 Å². The summed E-state index contributed by atoms with van der Waals surface area (Å²) in [5.74, 6) is -1.46. The maximum absolute atomic E-state index is 14.5. The fraction of sp³-hybridized carbons (Fsp3) is 0.529. The molecule has 0 radical (unpaired) electrons. The van der Waals surface area contributed by atoms with Gasteiger partial charge in [-0.3, -0.25) is 39.1 Å². The van der Waals surface area contributed by atoms with Crippen LogP contribution in [0, 0.1) is 10.8 Å². The second-order valence-electron chi connectivity index (χ2n) is 27.6. The Labute approximate surface area is 490 Å². The third-order valence-corrected chi connectivity index (χ3v) is 21.1. The number of aliphatic imine (C=N–C) groups is 4. The smallest absolute Gasteiger partial charge is 0.311 e. The highest BCUT2D eigenvalue weighted by Crippen LogP contribution is 2.63. The van der Waals surface area contributed by atoms with Crippen molar-refractivity contribution >= 4 is 48.7 Å². The lowest BCUT2D eigenvalue weighted by molar-refractivity contribution is -0.141. The first-order valence-electron chi connectivity index (χ1n) is 30.4. The second-order valence-corrected chi connectivity index (χ2v) is 27.6. The first-order chi connectivity index (χ1) is 39.9. The number of fused-ring (bicyclic) bond motifs is 6. The molecule has 4 aromatic carbocycles. The van der Waals surface area contributed by atoms with Crippen LogP contribution in [0.1, 0.15) is 214 Å². The zero-order valence-corrected chi connectivity index (χ0v) is 49.2. The summed E-state index contributed by atoms with van der Waals surface area (Å²) >= 11 is 0. The molecule has 4 aliphatic carbocycles. The lowest BCUT2D eigenvalue weighted by Crippen LogP contribution is -2.49. The average Bonchev–Trinajstić information content (AvgIpc) is 0.889. The molecule has 6 aliphatic heterocycles. The number of benzene rings is 4. The Balaban J connectivity index is 1.12. The summed E-state index contributed by atoms with van der Waals surface area (Å²) in [6.07, 6.45) is 14.8. The molecule has 4 atom stereocenters. The third kappa shape index (κ3) is 10.6. The molecule has 0 amide bonds.